The molecule has 0 aromatic carbocycles. The normalized spacial score (nSPS) is 24.8. The summed E-state index contributed by atoms with van der Waals surface area (Å²) in [5, 5.41) is 11.4. The Morgan fingerprint density at radius 2 is 1.92 bits per heavy atom. The van der Waals surface area contributed by atoms with Gasteiger partial charge in [0.05, 0.1) is 22.9 Å². The van der Waals surface area contributed by atoms with Gasteiger partial charge in [0.15, 0.2) is 0 Å². The van der Waals surface area contributed by atoms with Crippen LogP contribution in [-0.4, -0.2) is 60.6 Å². The van der Waals surface area contributed by atoms with Crippen LogP contribution >= 0.6 is 11.6 Å². The molecule has 0 amide bonds. The van der Waals surface area contributed by atoms with Gasteiger partial charge in [-0.05, 0) is 83.4 Å². The summed E-state index contributed by atoms with van der Waals surface area (Å²) in [4.78, 5) is 9.42. The molecule has 36 heavy (non-hydrogen) atoms. The molecule has 0 spiro atoms. The molecular weight excluding hydrogens is 474 g/mol. The number of aromatic nitrogens is 2. The van der Waals surface area contributed by atoms with Crippen molar-refractivity contribution in [1.82, 2.24) is 15.3 Å². The molecule has 198 valence electrons. The van der Waals surface area contributed by atoms with E-state index in [2.05, 4.69) is 41.7 Å². The zero-order valence-corrected chi connectivity index (χ0v) is 22.9. The Kier molecular flexibility index (Phi) is 9.45. The van der Waals surface area contributed by atoms with Crippen molar-refractivity contribution in [2.24, 2.45) is 5.92 Å². The van der Waals surface area contributed by atoms with Crippen molar-refractivity contribution in [2.45, 2.75) is 83.0 Å². The van der Waals surface area contributed by atoms with Crippen LogP contribution in [0.25, 0.3) is 11.3 Å². The maximum Gasteiger partial charge on any atom is 0.126 e. The van der Waals surface area contributed by atoms with Gasteiger partial charge < -0.3 is 25.4 Å². The molecule has 3 N–H and O–H groups in total. The molecule has 0 bridgehead atoms. The maximum atomic E-state index is 6.57. The number of anilines is 2. The Bertz CT molecular complexity index is 980. The van der Waals surface area contributed by atoms with E-state index in [1.165, 1.54) is 0 Å². The summed E-state index contributed by atoms with van der Waals surface area (Å²) in [6.07, 6.45) is 8.36. The van der Waals surface area contributed by atoms with Gasteiger partial charge >= 0.3 is 0 Å². The summed E-state index contributed by atoms with van der Waals surface area (Å²) in [6.45, 7) is 8.97. The van der Waals surface area contributed by atoms with Crippen LogP contribution in [0.5, 0.6) is 0 Å². The van der Waals surface area contributed by atoms with E-state index in [-0.39, 0.29) is 5.60 Å². The topological polar surface area (TPSA) is 80.3 Å². The van der Waals surface area contributed by atoms with Crippen molar-refractivity contribution < 1.29 is 9.47 Å². The third-order valence-electron chi connectivity index (χ3n) is 7.27. The zero-order chi connectivity index (χ0) is 25.5. The minimum absolute atomic E-state index is 0.0496. The Hall–Kier alpha value is -1.93. The van der Waals surface area contributed by atoms with E-state index in [1.54, 1.807) is 13.3 Å². The van der Waals surface area contributed by atoms with Crippen molar-refractivity contribution in [3.8, 4) is 11.3 Å². The standard InChI is InChI=1S/C28H42ClN5O2/c1-19(18-35-4)32-21-8-10-22(11-9-21)33-27-14-23(24(29)17-31-27)25-6-5-7-26(34-25)30-16-20-12-13-36-28(2,3)15-20/h5-7,14,17,19-22,32H,8-13,15-16,18H2,1-4H3,(H,30,34)(H,31,33)/t19-,20-,21?,22?/m1/s1. The predicted octanol–water partition coefficient (Wildman–Crippen LogP) is 5.76. The number of hydrogen-bond acceptors (Lipinski definition) is 7. The number of pyridine rings is 2. The van der Waals surface area contributed by atoms with Gasteiger partial charge in [-0.15, -0.1) is 0 Å². The molecule has 2 aromatic rings. The predicted molar refractivity (Wildman–Crippen MR) is 148 cm³/mol. The molecule has 1 aliphatic carbocycles. The molecule has 3 heterocycles. The molecule has 4 rings (SSSR count). The lowest BCUT2D eigenvalue weighted by atomic mass is 9.88. The number of methoxy groups -OCH3 is 1. The highest BCUT2D eigenvalue weighted by Gasteiger charge is 2.28. The highest BCUT2D eigenvalue weighted by Crippen LogP contribution is 2.31. The Balaban J connectivity index is 1.34. The van der Waals surface area contributed by atoms with Crippen LogP contribution in [0.1, 0.15) is 59.3 Å². The van der Waals surface area contributed by atoms with E-state index in [9.17, 15) is 0 Å². The zero-order valence-electron chi connectivity index (χ0n) is 22.1. The molecule has 1 saturated heterocycles. The average Bonchev–Trinajstić information content (AvgIpc) is 2.85. The fourth-order valence-electron chi connectivity index (χ4n) is 5.49. The highest BCUT2D eigenvalue weighted by molar-refractivity contribution is 6.33. The first kappa shape index (κ1) is 27.1. The summed E-state index contributed by atoms with van der Waals surface area (Å²) < 4.78 is 11.1. The first-order valence-corrected chi connectivity index (χ1v) is 13.7. The molecule has 2 fully saturated rings. The van der Waals surface area contributed by atoms with E-state index in [4.69, 9.17) is 26.1 Å². The van der Waals surface area contributed by atoms with Gasteiger partial charge in [0.2, 0.25) is 0 Å². The van der Waals surface area contributed by atoms with E-state index < -0.39 is 0 Å². The molecule has 2 atom stereocenters. The maximum absolute atomic E-state index is 6.57. The summed E-state index contributed by atoms with van der Waals surface area (Å²) in [5.41, 5.74) is 1.70. The summed E-state index contributed by atoms with van der Waals surface area (Å²) in [6, 6.07) is 9.42. The van der Waals surface area contributed by atoms with Crippen molar-refractivity contribution >= 4 is 23.2 Å². The van der Waals surface area contributed by atoms with E-state index in [0.29, 0.717) is 29.1 Å². The average molecular weight is 516 g/mol. The molecule has 1 saturated carbocycles. The molecule has 8 heteroatoms. The first-order valence-electron chi connectivity index (χ1n) is 13.3. The van der Waals surface area contributed by atoms with Crippen molar-refractivity contribution in [3.63, 3.8) is 0 Å². The monoisotopic (exact) mass is 515 g/mol. The van der Waals surface area contributed by atoms with Crippen LogP contribution in [0.4, 0.5) is 11.6 Å². The summed E-state index contributed by atoms with van der Waals surface area (Å²) >= 11 is 6.57. The number of hydrogen-bond donors (Lipinski definition) is 3. The molecule has 0 radical (unpaired) electrons. The summed E-state index contributed by atoms with van der Waals surface area (Å²) in [7, 11) is 1.75. The molecule has 2 aliphatic rings. The number of rotatable bonds is 10. The molecule has 7 nitrogen and oxygen atoms in total. The quantitative estimate of drug-likeness (QED) is 0.371. The van der Waals surface area contributed by atoms with E-state index in [0.717, 1.165) is 81.2 Å². The van der Waals surface area contributed by atoms with Gasteiger partial charge in [-0.3, -0.25) is 0 Å². The Morgan fingerprint density at radius 1 is 1.14 bits per heavy atom. The third kappa shape index (κ3) is 7.78. The fourth-order valence-corrected chi connectivity index (χ4v) is 5.69. The lowest BCUT2D eigenvalue weighted by Crippen LogP contribution is -2.42. The van der Waals surface area contributed by atoms with Gasteiger partial charge in [0.1, 0.15) is 11.6 Å². The minimum atomic E-state index is -0.0496. The van der Waals surface area contributed by atoms with Crippen molar-refractivity contribution in [1.29, 1.82) is 0 Å². The molecule has 2 aromatic heterocycles. The Labute approximate surface area is 221 Å². The molecule has 1 aliphatic heterocycles. The fraction of sp³-hybridized carbons (Fsp3) is 0.643. The highest BCUT2D eigenvalue weighted by atomic mass is 35.5. The Morgan fingerprint density at radius 3 is 2.67 bits per heavy atom. The van der Waals surface area contributed by atoms with Crippen LogP contribution in [0.3, 0.4) is 0 Å². The summed E-state index contributed by atoms with van der Waals surface area (Å²) in [5.74, 6) is 2.30. The second kappa shape index (κ2) is 12.5. The number of halogens is 1. The van der Waals surface area contributed by atoms with Crippen LogP contribution in [0.2, 0.25) is 5.02 Å². The van der Waals surface area contributed by atoms with Crippen LogP contribution < -0.4 is 16.0 Å². The van der Waals surface area contributed by atoms with Gasteiger partial charge in [0, 0.05) is 50.1 Å². The van der Waals surface area contributed by atoms with Crippen LogP contribution in [0.15, 0.2) is 30.5 Å². The second-order valence-corrected chi connectivity index (χ2v) is 11.4. The van der Waals surface area contributed by atoms with Gasteiger partial charge in [0.25, 0.3) is 0 Å². The number of nitrogens with zero attached hydrogens (tertiary/aromatic N) is 2. The first-order chi connectivity index (χ1) is 17.3. The second-order valence-electron chi connectivity index (χ2n) is 11.0. The lowest BCUT2D eigenvalue weighted by molar-refractivity contribution is -0.0699. The smallest absolute Gasteiger partial charge is 0.126 e. The van der Waals surface area contributed by atoms with Crippen LogP contribution in [-0.2, 0) is 9.47 Å². The van der Waals surface area contributed by atoms with Gasteiger partial charge in [-0.1, -0.05) is 17.7 Å². The largest absolute Gasteiger partial charge is 0.383 e. The van der Waals surface area contributed by atoms with Crippen molar-refractivity contribution in [3.05, 3.63) is 35.5 Å². The van der Waals surface area contributed by atoms with Crippen LogP contribution in [0, 0.1) is 5.92 Å². The molecule has 0 unspecified atom stereocenters. The number of ether oxygens (including phenoxy) is 2. The SMILES string of the molecule is COC[C@@H](C)NC1CCC(Nc2cc(-c3cccc(NC[C@@H]4CCOC(C)(C)C4)n3)c(Cl)cn2)CC1. The van der Waals surface area contributed by atoms with Crippen molar-refractivity contribution in [2.75, 3.05) is 37.5 Å². The van der Waals surface area contributed by atoms with E-state index >= 15 is 0 Å². The third-order valence-corrected chi connectivity index (χ3v) is 7.57. The molecular formula is C28H42ClN5O2. The minimum Gasteiger partial charge on any atom is -0.383 e. The number of nitrogens with one attached hydrogen (secondary N) is 3. The lowest BCUT2D eigenvalue weighted by Gasteiger charge is -2.35. The van der Waals surface area contributed by atoms with E-state index in [1.807, 2.05) is 24.3 Å². The van der Waals surface area contributed by atoms with Gasteiger partial charge in [-0.2, -0.15) is 0 Å². The van der Waals surface area contributed by atoms with Gasteiger partial charge in [-0.25, -0.2) is 9.97 Å².